The molecule has 1 aliphatic rings. The number of phenols is 1. The maximum atomic E-state index is 9.64. The van der Waals surface area contributed by atoms with Gasteiger partial charge in [0.05, 0.1) is 0 Å². The molecule has 0 aromatic heterocycles. The van der Waals surface area contributed by atoms with Crippen molar-refractivity contribution in [1.82, 2.24) is 5.32 Å². The second-order valence-electron chi connectivity index (χ2n) is 4.14. The van der Waals surface area contributed by atoms with Gasteiger partial charge in [-0.25, -0.2) is 0 Å². The number of phenolic OH excluding ortho intramolecular Hbond substituents is 1. The Morgan fingerprint density at radius 2 is 2.07 bits per heavy atom. The Bertz CT molecular complexity index is 334. The Labute approximate surface area is 95.3 Å². The van der Waals surface area contributed by atoms with E-state index in [1.807, 2.05) is 12.1 Å². The van der Waals surface area contributed by atoms with Crippen LogP contribution in [0.15, 0.2) is 18.2 Å². The fourth-order valence-electron chi connectivity index (χ4n) is 2.07. The van der Waals surface area contributed by atoms with Crippen LogP contribution in [0.4, 0.5) is 0 Å². The quantitative estimate of drug-likeness (QED) is 0.829. The highest BCUT2D eigenvalue weighted by Crippen LogP contribution is 2.23. The van der Waals surface area contributed by atoms with Gasteiger partial charge in [-0.3, -0.25) is 0 Å². The Balaban J connectivity index is 1.92. The first-order chi connectivity index (χ1) is 7.25. The summed E-state index contributed by atoms with van der Waals surface area (Å²) >= 11 is 5.76. The van der Waals surface area contributed by atoms with E-state index in [2.05, 4.69) is 5.32 Å². The predicted octanol–water partition coefficient (Wildman–Crippen LogP) is 3.08. The third kappa shape index (κ3) is 2.86. The normalized spacial score (nSPS) is 17.1. The monoisotopic (exact) mass is 225 g/mol. The van der Waals surface area contributed by atoms with E-state index in [9.17, 15) is 5.11 Å². The largest absolute Gasteiger partial charge is 0.508 e. The van der Waals surface area contributed by atoms with Crippen LogP contribution in [0.2, 0.25) is 5.02 Å². The van der Waals surface area contributed by atoms with E-state index >= 15 is 0 Å². The third-order valence-electron chi connectivity index (χ3n) is 2.98. The number of nitrogens with one attached hydrogen (secondary N) is 1. The Morgan fingerprint density at radius 1 is 1.33 bits per heavy atom. The van der Waals surface area contributed by atoms with E-state index in [-0.39, 0.29) is 5.75 Å². The first-order valence-corrected chi connectivity index (χ1v) is 5.84. The summed E-state index contributed by atoms with van der Waals surface area (Å²) < 4.78 is 0. The number of hydrogen-bond acceptors (Lipinski definition) is 2. The van der Waals surface area contributed by atoms with Crippen molar-refractivity contribution in [3.8, 4) is 5.75 Å². The van der Waals surface area contributed by atoms with Crippen molar-refractivity contribution >= 4 is 11.6 Å². The molecule has 1 fully saturated rings. The Hall–Kier alpha value is -0.730. The highest BCUT2D eigenvalue weighted by molar-refractivity contribution is 6.30. The molecule has 1 aliphatic carbocycles. The van der Waals surface area contributed by atoms with Crippen LogP contribution in [0, 0.1) is 0 Å². The van der Waals surface area contributed by atoms with Gasteiger partial charge in [0.2, 0.25) is 0 Å². The van der Waals surface area contributed by atoms with Crippen molar-refractivity contribution in [2.45, 2.75) is 38.3 Å². The summed E-state index contributed by atoms with van der Waals surface area (Å²) in [7, 11) is 0. The van der Waals surface area contributed by atoms with Gasteiger partial charge in [0.1, 0.15) is 5.75 Å². The van der Waals surface area contributed by atoms with E-state index in [0.29, 0.717) is 11.1 Å². The lowest BCUT2D eigenvalue weighted by Gasteiger charge is -2.12. The zero-order valence-electron chi connectivity index (χ0n) is 8.67. The van der Waals surface area contributed by atoms with Gasteiger partial charge in [-0.05, 0) is 25.0 Å². The average Bonchev–Trinajstić information content (AvgIpc) is 2.69. The minimum atomic E-state index is 0.285. The number of halogens is 1. The Kier molecular flexibility index (Phi) is 3.49. The number of rotatable bonds is 3. The molecule has 15 heavy (non-hydrogen) atoms. The van der Waals surface area contributed by atoms with Crippen molar-refractivity contribution in [2.24, 2.45) is 0 Å². The number of hydrogen-bond donors (Lipinski definition) is 2. The summed E-state index contributed by atoms with van der Waals surface area (Å²) in [5.74, 6) is 0.285. The fourth-order valence-corrected chi connectivity index (χ4v) is 2.24. The maximum absolute atomic E-state index is 9.64. The van der Waals surface area contributed by atoms with Gasteiger partial charge in [-0.2, -0.15) is 0 Å². The predicted molar refractivity (Wildman–Crippen MR) is 62.2 cm³/mol. The van der Waals surface area contributed by atoms with Crippen LogP contribution < -0.4 is 5.32 Å². The molecule has 0 aliphatic heterocycles. The SMILES string of the molecule is Oc1cc(Cl)ccc1CNC1CCCC1. The molecule has 0 amide bonds. The minimum absolute atomic E-state index is 0.285. The maximum Gasteiger partial charge on any atom is 0.121 e. The summed E-state index contributed by atoms with van der Waals surface area (Å²) in [6.45, 7) is 0.730. The van der Waals surface area contributed by atoms with Crippen LogP contribution >= 0.6 is 11.6 Å². The molecular weight excluding hydrogens is 210 g/mol. The van der Waals surface area contributed by atoms with Crippen LogP contribution in [0.1, 0.15) is 31.2 Å². The van der Waals surface area contributed by atoms with Gasteiger partial charge in [0.25, 0.3) is 0 Å². The summed E-state index contributed by atoms with van der Waals surface area (Å²) in [6, 6.07) is 5.90. The van der Waals surface area contributed by atoms with E-state index < -0.39 is 0 Å². The first-order valence-electron chi connectivity index (χ1n) is 5.46. The van der Waals surface area contributed by atoms with Crippen molar-refractivity contribution < 1.29 is 5.11 Å². The zero-order chi connectivity index (χ0) is 10.7. The summed E-state index contributed by atoms with van der Waals surface area (Å²) in [5.41, 5.74) is 0.923. The first kappa shape index (κ1) is 10.8. The lowest BCUT2D eigenvalue weighted by molar-refractivity contribution is 0.456. The molecule has 0 atom stereocenters. The summed E-state index contributed by atoms with van der Waals surface area (Å²) in [5, 5.41) is 13.7. The molecule has 1 aromatic carbocycles. The second-order valence-corrected chi connectivity index (χ2v) is 4.57. The van der Waals surface area contributed by atoms with E-state index in [1.165, 1.54) is 25.7 Å². The molecule has 0 unspecified atom stereocenters. The summed E-state index contributed by atoms with van der Waals surface area (Å²) in [6.07, 6.45) is 5.16. The van der Waals surface area contributed by atoms with Gasteiger partial charge >= 0.3 is 0 Å². The van der Waals surface area contributed by atoms with Crippen LogP contribution in [0.5, 0.6) is 5.75 Å². The molecule has 0 radical (unpaired) electrons. The molecule has 0 bridgehead atoms. The zero-order valence-corrected chi connectivity index (χ0v) is 9.43. The van der Waals surface area contributed by atoms with E-state index in [0.717, 1.165) is 12.1 Å². The third-order valence-corrected chi connectivity index (χ3v) is 3.22. The standard InChI is InChI=1S/C12H16ClNO/c13-10-6-5-9(12(15)7-10)8-14-11-3-1-2-4-11/h5-7,11,14-15H,1-4,8H2. The summed E-state index contributed by atoms with van der Waals surface area (Å²) in [4.78, 5) is 0. The van der Waals surface area contributed by atoms with Crippen molar-refractivity contribution in [1.29, 1.82) is 0 Å². The molecule has 3 heteroatoms. The van der Waals surface area contributed by atoms with Crippen LogP contribution in [0.3, 0.4) is 0 Å². The fraction of sp³-hybridized carbons (Fsp3) is 0.500. The van der Waals surface area contributed by atoms with E-state index in [4.69, 9.17) is 11.6 Å². The highest BCUT2D eigenvalue weighted by atomic mass is 35.5. The van der Waals surface area contributed by atoms with Crippen LogP contribution in [-0.2, 0) is 6.54 Å². The van der Waals surface area contributed by atoms with Gasteiger partial charge in [-0.15, -0.1) is 0 Å². The van der Waals surface area contributed by atoms with Crippen molar-refractivity contribution in [3.05, 3.63) is 28.8 Å². The van der Waals surface area contributed by atoms with Gasteiger partial charge in [0.15, 0.2) is 0 Å². The molecule has 0 heterocycles. The minimum Gasteiger partial charge on any atom is -0.508 e. The molecular formula is C12H16ClNO. The van der Waals surface area contributed by atoms with Gasteiger partial charge in [-0.1, -0.05) is 30.5 Å². The van der Waals surface area contributed by atoms with Gasteiger partial charge < -0.3 is 10.4 Å². The molecule has 2 N–H and O–H groups in total. The molecule has 1 saturated carbocycles. The van der Waals surface area contributed by atoms with E-state index in [1.54, 1.807) is 6.07 Å². The van der Waals surface area contributed by atoms with Crippen molar-refractivity contribution in [3.63, 3.8) is 0 Å². The molecule has 0 spiro atoms. The highest BCUT2D eigenvalue weighted by Gasteiger charge is 2.14. The van der Waals surface area contributed by atoms with Crippen LogP contribution in [-0.4, -0.2) is 11.1 Å². The molecule has 0 saturated heterocycles. The molecule has 1 aromatic rings. The van der Waals surface area contributed by atoms with Gasteiger partial charge in [0, 0.05) is 23.2 Å². The Morgan fingerprint density at radius 3 is 2.73 bits per heavy atom. The molecule has 2 nitrogen and oxygen atoms in total. The van der Waals surface area contributed by atoms with Crippen LogP contribution in [0.25, 0.3) is 0 Å². The topological polar surface area (TPSA) is 32.3 Å². The smallest absolute Gasteiger partial charge is 0.121 e. The average molecular weight is 226 g/mol. The number of benzene rings is 1. The lowest BCUT2D eigenvalue weighted by Crippen LogP contribution is -2.25. The second kappa shape index (κ2) is 4.86. The lowest BCUT2D eigenvalue weighted by atomic mass is 10.2. The molecule has 82 valence electrons. The van der Waals surface area contributed by atoms with Crippen molar-refractivity contribution in [2.75, 3.05) is 0 Å². The molecule has 2 rings (SSSR count). The number of aromatic hydroxyl groups is 1.